The highest BCUT2D eigenvalue weighted by Crippen LogP contribution is 2.67. The minimum Gasteiger partial charge on any atom is -0.476 e. The number of aromatic carboxylic acids is 1. The number of amides is 1. The third kappa shape index (κ3) is 6.19. The molecule has 0 spiro atoms. The SMILES string of the molecule is CCC1=C2CC3(C)CC(ONC)(C2)CC1(CN/C(C)=C(\C=N)c1ccc(-c2ccc4cccc(C(=O)Nc5nc6ccccc6s5)c4c2)nc1C(=O)O)C3. The normalized spacial score (nSPS) is 23.5. The number of carbonyl (C=O) groups excluding carboxylic acids is 1. The van der Waals surface area contributed by atoms with Crippen LogP contribution in [0, 0.1) is 16.2 Å². The Morgan fingerprint density at radius 1 is 1.00 bits per heavy atom. The average Bonchev–Trinajstić information content (AvgIpc) is 3.55. The van der Waals surface area contributed by atoms with Gasteiger partial charge in [0.05, 0.1) is 21.5 Å². The van der Waals surface area contributed by atoms with Crippen molar-refractivity contribution in [2.24, 2.45) is 10.8 Å². The summed E-state index contributed by atoms with van der Waals surface area (Å²) < 4.78 is 0.984. The number of fused-ring (bicyclic) bond motifs is 2. The predicted octanol–water partition coefficient (Wildman–Crippen LogP) is 9.01. The van der Waals surface area contributed by atoms with Gasteiger partial charge in [-0.3, -0.25) is 14.9 Å². The lowest BCUT2D eigenvalue weighted by molar-refractivity contribution is -0.187. The molecule has 11 heteroatoms. The Labute approximate surface area is 318 Å². The number of hydrogen-bond acceptors (Lipinski definition) is 9. The first-order valence-corrected chi connectivity index (χ1v) is 19.3. The maximum atomic E-state index is 13.6. The minimum atomic E-state index is -1.19. The van der Waals surface area contributed by atoms with E-state index in [1.807, 2.05) is 68.6 Å². The summed E-state index contributed by atoms with van der Waals surface area (Å²) in [6.07, 6.45) is 7.28. The number of hydrogen-bond donors (Lipinski definition) is 5. The number of nitrogens with zero attached hydrogens (tertiary/aromatic N) is 2. The van der Waals surface area contributed by atoms with Gasteiger partial charge in [0.25, 0.3) is 5.91 Å². The van der Waals surface area contributed by atoms with Gasteiger partial charge >= 0.3 is 5.97 Å². The van der Waals surface area contributed by atoms with Gasteiger partial charge in [-0.25, -0.2) is 20.2 Å². The van der Waals surface area contributed by atoms with Crippen molar-refractivity contribution in [1.29, 1.82) is 5.41 Å². The largest absolute Gasteiger partial charge is 0.476 e. The number of hydroxylamine groups is 1. The summed E-state index contributed by atoms with van der Waals surface area (Å²) in [5.74, 6) is -1.47. The van der Waals surface area contributed by atoms with E-state index in [9.17, 15) is 14.7 Å². The fraction of sp³-hybridized carbons (Fsp3) is 0.326. The van der Waals surface area contributed by atoms with E-state index in [1.165, 1.54) is 28.7 Å². The van der Waals surface area contributed by atoms with E-state index in [0.717, 1.165) is 59.8 Å². The number of benzene rings is 3. The van der Waals surface area contributed by atoms with Crippen molar-refractivity contribution in [3.63, 3.8) is 0 Å². The molecule has 9 rings (SSSR count). The number of anilines is 1. The summed E-state index contributed by atoms with van der Waals surface area (Å²) in [4.78, 5) is 41.8. The highest BCUT2D eigenvalue weighted by Gasteiger charge is 2.62. The van der Waals surface area contributed by atoms with Crippen molar-refractivity contribution in [3.8, 4) is 11.3 Å². The fourth-order valence-electron chi connectivity index (χ4n) is 10.1. The Kier molecular flexibility index (Phi) is 8.99. The molecule has 276 valence electrons. The Hall–Kier alpha value is -5.23. The van der Waals surface area contributed by atoms with Crippen LogP contribution in [0.3, 0.4) is 0 Å². The number of allylic oxidation sites excluding steroid dienone is 2. The zero-order valence-electron chi connectivity index (χ0n) is 30.9. The first kappa shape index (κ1) is 35.8. The molecule has 4 aliphatic rings. The molecule has 5 aromatic rings. The van der Waals surface area contributed by atoms with Gasteiger partial charge in [-0.05, 0) is 98.0 Å². The summed E-state index contributed by atoms with van der Waals surface area (Å²) in [5.41, 5.74) is 9.71. The van der Waals surface area contributed by atoms with Gasteiger partial charge in [0.2, 0.25) is 0 Å². The lowest BCUT2D eigenvalue weighted by atomic mass is 9.44. The molecule has 2 aromatic heterocycles. The molecule has 4 aliphatic carbocycles. The van der Waals surface area contributed by atoms with E-state index in [0.29, 0.717) is 45.0 Å². The molecular weight excluding hydrogens is 697 g/mol. The first-order chi connectivity index (χ1) is 26.0. The van der Waals surface area contributed by atoms with Crippen LogP contribution < -0.4 is 16.1 Å². The van der Waals surface area contributed by atoms with Gasteiger partial charge in [-0.2, -0.15) is 0 Å². The number of carbonyl (C=O) groups is 2. The maximum Gasteiger partial charge on any atom is 0.355 e. The van der Waals surface area contributed by atoms with Crippen LogP contribution in [0.5, 0.6) is 0 Å². The third-order valence-electron chi connectivity index (χ3n) is 11.7. The van der Waals surface area contributed by atoms with Crippen molar-refractivity contribution in [2.75, 3.05) is 18.9 Å². The Morgan fingerprint density at radius 3 is 2.59 bits per heavy atom. The molecule has 0 aliphatic heterocycles. The summed E-state index contributed by atoms with van der Waals surface area (Å²) in [6, 6.07) is 22.4. The van der Waals surface area contributed by atoms with E-state index in [-0.39, 0.29) is 28.0 Å². The summed E-state index contributed by atoms with van der Waals surface area (Å²) in [6.45, 7) is 7.21. The van der Waals surface area contributed by atoms with Gasteiger partial charge in [-0.1, -0.05) is 72.7 Å². The lowest BCUT2D eigenvalue weighted by Gasteiger charge is -2.64. The number of para-hydroxylation sites is 1. The number of carboxylic acid groups (broad SMARTS) is 1. The molecule has 4 bridgehead atoms. The van der Waals surface area contributed by atoms with Crippen molar-refractivity contribution in [3.05, 3.63) is 106 Å². The zero-order valence-corrected chi connectivity index (χ0v) is 31.7. The van der Waals surface area contributed by atoms with Gasteiger partial charge in [0, 0.05) is 53.2 Å². The van der Waals surface area contributed by atoms with E-state index >= 15 is 0 Å². The maximum absolute atomic E-state index is 13.6. The van der Waals surface area contributed by atoms with Crippen LogP contribution in [0.2, 0.25) is 0 Å². The molecule has 0 radical (unpaired) electrons. The molecule has 1 amide bonds. The zero-order chi connectivity index (χ0) is 37.8. The number of rotatable bonds is 12. The lowest BCUT2D eigenvalue weighted by Crippen LogP contribution is -2.61. The summed E-state index contributed by atoms with van der Waals surface area (Å²) >= 11 is 1.41. The van der Waals surface area contributed by atoms with Crippen LogP contribution in [0.25, 0.3) is 37.8 Å². The Balaban J connectivity index is 1.09. The predicted molar refractivity (Wildman–Crippen MR) is 215 cm³/mol. The highest BCUT2D eigenvalue weighted by molar-refractivity contribution is 7.22. The van der Waals surface area contributed by atoms with Crippen LogP contribution in [-0.2, 0) is 4.84 Å². The number of aromatic nitrogens is 2. The van der Waals surface area contributed by atoms with Crippen molar-refractivity contribution < 1.29 is 19.5 Å². The molecule has 10 nitrogen and oxygen atoms in total. The van der Waals surface area contributed by atoms with Gasteiger partial charge < -0.3 is 15.8 Å². The fourth-order valence-corrected chi connectivity index (χ4v) is 11.0. The standard InChI is InChI=1S/C43H44N6O4S/c1-5-33-28-18-41(3)21-42(33,23-43(19-28,22-41)53-45-4)24-46-25(2)32(20-44)29-15-16-34(47-37(29)39(51)52)27-14-13-26-9-8-10-30(31(26)17-27)38(50)49-40-48-35-11-6-7-12-36(35)54-40/h6-17,20,44-46H,5,18-19,21-24H2,1-4H3,(H,51,52)(H,48,49,50)/b32-25+,44-20?. The van der Waals surface area contributed by atoms with Crippen molar-refractivity contribution in [2.45, 2.75) is 64.9 Å². The first-order valence-electron chi connectivity index (χ1n) is 18.4. The van der Waals surface area contributed by atoms with Gasteiger partial charge in [0.1, 0.15) is 0 Å². The molecule has 54 heavy (non-hydrogen) atoms. The summed E-state index contributed by atoms with van der Waals surface area (Å²) in [7, 11) is 1.84. The van der Waals surface area contributed by atoms with Crippen LogP contribution in [-0.4, -0.2) is 52.4 Å². The number of carboxylic acids is 1. The van der Waals surface area contributed by atoms with Crippen LogP contribution in [0.1, 0.15) is 85.7 Å². The summed E-state index contributed by atoms with van der Waals surface area (Å²) in [5, 5.41) is 27.5. The molecule has 3 atom stereocenters. The second-order valence-corrected chi connectivity index (χ2v) is 16.5. The van der Waals surface area contributed by atoms with E-state index in [4.69, 9.17) is 10.2 Å². The number of nitrogens with one attached hydrogen (secondary N) is 4. The third-order valence-corrected chi connectivity index (χ3v) is 12.6. The quantitative estimate of drug-likeness (QED) is 0.0484. The molecule has 5 N–H and O–H groups in total. The monoisotopic (exact) mass is 740 g/mol. The van der Waals surface area contributed by atoms with E-state index < -0.39 is 5.97 Å². The Bertz CT molecular complexity index is 2400. The second-order valence-electron chi connectivity index (χ2n) is 15.5. The second kappa shape index (κ2) is 13.6. The van der Waals surface area contributed by atoms with E-state index in [1.54, 1.807) is 18.2 Å². The highest BCUT2D eigenvalue weighted by atomic mass is 32.1. The molecular formula is C43H44N6O4S. The van der Waals surface area contributed by atoms with Gasteiger partial charge in [0.15, 0.2) is 10.8 Å². The topological polar surface area (TPSA) is 149 Å². The minimum absolute atomic E-state index is 0.0865. The van der Waals surface area contributed by atoms with Gasteiger partial charge in [-0.15, -0.1) is 0 Å². The average molecular weight is 741 g/mol. The molecule has 3 aromatic carbocycles. The van der Waals surface area contributed by atoms with Crippen molar-refractivity contribution >= 4 is 61.1 Å². The molecule has 3 unspecified atom stereocenters. The Morgan fingerprint density at radius 2 is 1.83 bits per heavy atom. The number of thiazole rings is 1. The smallest absolute Gasteiger partial charge is 0.355 e. The molecule has 2 fully saturated rings. The molecule has 0 saturated heterocycles. The number of pyridine rings is 1. The van der Waals surface area contributed by atoms with E-state index in [2.05, 4.69) is 39.9 Å². The van der Waals surface area contributed by atoms with Crippen LogP contribution in [0.15, 0.2) is 89.6 Å². The van der Waals surface area contributed by atoms with Crippen LogP contribution in [0.4, 0.5) is 5.13 Å². The molecule has 2 saturated carbocycles. The molecule has 2 heterocycles. The van der Waals surface area contributed by atoms with Crippen LogP contribution >= 0.6 is 11.3 Å². The van der Waals surface area contributed by atoms with Crippen molar-refractivity contribution in [1.82, 2.24) is 20.8 Å².